The van der Waals surface area contributed by atoms with Crippen molar-refractivity contribution in [3.05, 3.63) is 30.1 Å². The predicted octanol–water partition coefficient (Wildman–Crippen LogP) is 2.46. The summed E-state index contributed by atoms with van der Waals surface area (Å²) in [6.07, 6.45) is 2.14. The van der Waals surface area contributed by atoms with Crippen LogP contribution in [0.4, 0.5) is 4.39 Å². The molecule has 5 nitrogen and oxygen atoms in total. The number of ether oxygens (including phenoxy) is 2. The van der Waals surface area contributed by atoms with Crippen LogP contribution in [0.2, 0.25) is 0 Å². The molecule has 6 heteroatoms. The molecule has 1 atom stereocenters. The summed E-state index contributed by atoms with van der Waals surface area (Å²) in [7, 11) is 0. The zero-order chi connectivity index (χ0) is 18.1. The minimum atomic E-state index is -0.460. The molecule has 1 aliphatic rings. The quantitative estimate of drug-likeness (QED) is 0.742. The van der Waals surface area contributed by atoms with Crippen molar-refractivity contribution >= 4 is 5.91 Å². The maximum atomic E-state index is 13.5. The zero-order valence-corrected chi connectivity index (χ0v) is 15.2. The highest BCUT2D eigenvalue weighted by Gasteiger charge is 2.27. The molecule has 1 aromatic rings. The topological polar surface area (TPSA) is 50.8 Å². The Kier molecular flexibility index (Phi) is 8.15. The molecule has 25 heavy (non-hydrogen) atoms. The third-order valence-corrected chi connectivity index (χ3v) is 4.81. The number of amides is 1. The van der Waals surface area contributed by atoms with E-state index < -0.39 is 5.82 Å². The van der Waals surface area contributed by atoms with Gasteiger partial charge in [0.15, 0.2) is 18.2 Å². The third kappa shape index (κ3) is 5.97. The number of para-hydroxylation sites is 1. The maximum absolute atomic E-state index is 13.5. The lowest BCUT2D eigenvalue weighted by atomic mass is 9.92. The van der Waals surface area contributed by atoms with E-state index in [-0.39, 0.29) is 24.3 Å². The van der Waals surface area contributed by atoms with Gasteiger partial charge in [0.25, 0.3) is 5.91 Å². The van der Waals surface area contributed by atoms with Crippen LogP contribution in [0.15, 0.2) is 24.3 Å². The minimum absolute atomic E-state index is 0.0994. The molecule has 1 saturated heterocycles. The second kappa shape index (κ2) is 10.4. The first-order chi connectivity index (χ1) is 12.2. The van der Waals surface area contributed by atoms with Gasteiger partial charge < -0.3 is 14.8 Å². The van der Waals surface area contributed by atoms with Gasteiger partial charge in [-0.2, -0.15) is 0 Å². The fraction of sp³-hybridized carbons (Fsp3) is 0.632. The van der Waals surface area contributed by atoms with Crippen LogP contribution in [-0.2, 0) is 9.53 Å². The molecule has 140 valence electrons. The first-order valence-corrected chi connectivity index (χ1v) is 9.11. The number of halogens is 1. The Balaban J connectivity index is 1.85. The summed E-state index contributed by atoms with van der Waals surface area (Å²) in [5.41, 5.74) is 0. The smallest absolute Gasteiger partial charge is 0.257 e. The Morgan fingerprint density at radius 3 is 2.60 bits per heavy atom. The van der Waals surface area contributed by atoms with Crippen LogP contribution < -0.4 is 10.1 Å². The molecule has 1 heterocycles. The van der Waals surface area contributed by atoms with Crippen molar-refractivity contribution in [3.63, 3.8) is 0 Å². The number of hydrogen-bond acceptors (Lipinski definition) is 4. The minimum Gasteiger partial charge on any atom is -0.481 e. The molecule has 2 rings (SSSR count). The van der Waals surface area contributed by atoms with E-state index in [1.807, 2.05) is 0 Å². The van der Waals surface area contributed by atoms with E-state index in [4.69, 9.17) is 9.47 Å². The average Bonchev–Trinajstić information content (AvgIpc) is 2.65. The summed E-state index contributed by atoms with van der Waals surface area (Å²) in [6.45, 7) is 8.02. The standard InChI is InChI=1S/C19H29FN2O3/c1-3-15(4-2)17(22-9-11-24-12-10-22)13-21-19(23)14-25-18-8-6-5-7-16(18)20/h5-8,15,17H,3-4,9-14H2,1-2H3,(H,21,23). The summed E-state index contributed by atoms with van der Waals surface area (Å²) >= 11 is 0. The van der Waals surface area contributed by atoms with Crippen molar-refractivity contribution in [2.24, 2.45) is 5.92 Å². The molecule has 0 radical (unpaired) electrons. The lowest BCUT2D eigenvalue weighted by Gasteiger charge is -2.38. The highest BCUT2D eigenvalue weighted by molar-refractivity contribution is 5.77. The third-order valence-electron chi connectivity index (χ3n) is 4.81. The van der Waals surface area contributed by atoms with E-state index >= 15 is 0 Å². The van der Waals surface area contributed by atoms with Crippen molar-refractivity contribution in [2.75, 3.05) is 39.5 Å². The summed E-state index contributed by atoms with van der Waals surface area (Å²) in [4.78, 5) is 14.5. The Labute approximate surface area is 149 Å². The largest absolute Gasteiger partial charge is 0.481 e. The molecule has 0 aliphatic carbocycles. The van der Waals surface area contributed by atoms with Crippen molar-refractivity contribution < 1.29 is 18.7 Å². The predicted molar refractivity (Wildman–Crippen MR) is 95.2 cm³/mol. The van der Waals surface area contributed by atoms with E-state index in [9.17, 15) is 9.18 Å². The lowest BCUT2D eigenvalue weighted by Crippen LogP contribution is -2.52. The van der Waals surface area contributed by atoms with E-state index in [1.165, 1.54) is 12.1 Å². The molecule has 0 spiro atoms. The monoisotopic (exact) mass is 352 g/mol. The number of rotatable bonds is 9. The van der Waals surface area contributed by atoms with E-state index in [2.05, 4.69) is 24.1 Å². The second-order valence-corrected chi connectivity index (χ2v) is 6.32. The van der Waals surface area contributed by atoms with Crippen LogP contribution in [-0.4, -0.2) is 56.3 Å². The Hall–Kier alpha value is -1.66. The molecule has 1 fully saturated rings. The number of carbonyl (C=O) groups is 1. The Morgan fingerprint density at radius 1 is 1.28 bits per heavy atom. The van der Waals surface area contributed by atoms with Crippen molar-refractivity contribution in [1.29, 1.82) is 0 Å². The number of morpholine rings is 1. The number of nitrogens with zero attached hydrogens (tertiary/aromatic N) is 1. The van der Waals surface area contributed by atoms with Crippen molar-refractivity contribution in [1.82, 2.24) is 10.2 Å². The van der Waals surface area contributed by atoms with Gasteiger partial charge >= 0.3 is 0 Å². The molecule has 0 aromatic heterocycles. The molecule has 1 aromatic carbocycles. The van der Waals surface area contributed by atoms with Crippen molar-refractivity contribution in [2.45, 2.75) is 32.7 Å². The number of hydrogen-bond donors (Lipinski definition) is 1. The van der Waals surface area contributed by atoms with E-state index in [1.54, 1.807) is 12.1 Å². The van der Waals surface area contributed by atoms with Gasteiger partial charge in [-0.15, -0.1) is 0 Å². The summed E-state index contributed by atoms with van der Waals surface area (Å²) in [5, 5.41) is 2.95. The van der Waals surface area contributed by atoms with Crippen LogP contribution in [0, 0.1) is 11.7 Å². The van der Waals surface area contributed by atoms with Gasteiger partial charge in [-0.3, -0.25) is 9.69 Å². The highest BCUT2D eigenvalue weighted by Crippen LogP contribution is 2.19. The highest BCUT2D eigenvalue weighted by atomic mass is 19.1. The van der Waals surface area contributed by atoms with Gasteiger partial charge in [-0.25, -0.2) is 4.39 Å². The van der Waals surface area contributed by atoms with Gasteiger partial charge in [0.2, 0.25) is 0 Å². The fourth-order valence-electron chi connectivity index (χ4n) is 3.31. The Morgan fingerprint density at radius 2 is 1.96 bits per heavy atom. The second-order valence-electron chi connectivity index (χ2n) is 6.32. The normalized spacial score (nSPS) is 16.6. The van der Waals surface area contributed by atoms with Gasteiger partial charge in [-0.1, -0.05) is 38.8 Å². The molecule has 0 bridgehead atoms. The molecule has 1 unspecified atom stereocenters. The molecular weight excluding hydrogens is 323 g/mol. The van der Waals surface area contributed by atoms with Gasteiger partial charge in [0, 0.05) is 25.7 Å². The lowest BCUT2D eigenvalue weighted by molar-refractivity contribution is -0.123. The molecule has 1 aliphatic heterocycles. The van der Waals surface area contributed by atoms with Crippen LogP contribution in [0.25, 0.3) is 0 Å². The number of benzene rings is 1. The first kappa shape index (κ1) is 19.7. The summed E-state index contributed by atoms with van der Waals surface area (Å²) in [6, 6.07) is 6.39. The van der Waals surface area contributed by atoms with Gasteiger partial charge in [0.05, 0.1) is 13.2 Å². The van der Waals surface area contributed by atoms with Crippen LogP contribution in [0.1, 0.15) is 26.7 Å². The van der Waals surface area contributed by atoms with Crippen LogP contribution in [0.5, 0.6) is 5.75 Å². The number of nitrogens with one attached hydrogen (secondary N) is 1. The van der Waals surface area contributed by atoms with Crippen LogP contribution in [0.3, 0.4) is 0 Å². The SMILES string of the molecule is CCC(CC)C(CNC(=O)COc1ccccc1F)N1CCOCC1. The summed E-state index contributed by atoms with van der Waals surface area (Å²) < 4.78 is 24.2. The summed E-state index contributed by atoms with van der Waals surface area (Å²) in [5.74, 6) is -0.0701. The van der Waals surface area contributed by atoms with E-state index in [0.717, 1.165) is 39.1 Å². The average molecular weight is 352 g/mol. The first-order valence-electron chi connectivity index (χ1n) is 9.11. The number of carbonyl (C=O) groups excluding carboxylic acids is 1. The maximum Gasteiger partial charge on any atom is 0.257 e. The van der Waals surface area contributed by atoms with Crippen molar-refractivity contribution in [3.8, 4) is 5.75 Å². The van der Waals surface area contributed by atoms with Crippen LogP contribution >= 0.6 is 0 Å². The zero-order valence-electron chi connectivity index (χ0n) is 15.2. The molecule has 1 N–H and O–H groups in total. The van der Waals surface area contributed by atoms with E-state index in [0.29, 0.717) is 12.5 Å². The van der Waals surface area contributed by atoms with Gasteiger partial charge in [0.1, 0.15) is 0 Å². The molecule has 0 saturated carbocycles. The molecule has 1 amide bonds. The van der Waals surface area contributed by atoms with Gasteiger partial charge in [-0.05, 0) is 18.1 Å². The molecular formula is C19H29FN2O3. The Bertz CT molecular complexity index is 531. The fourth-order valence-corrected chi connectivity index (χ4v) is 3.31.